The zero-order valence-electron chi connectivity index (χ0n) is 13.9. The van der Waals surface area contributed by atoms with Gasteiger partial charge >= 0.3 is 11.6 Å². The van der Waals surface area contributed by atoms with Gasteiger partial charge < -0.3 is 4.42 Å². The van der Waals surface area contributed by atoms with Crippen molar-refractivity contribution in [3.63, 3.8) is 0 Å². The number of nitro groups is 1. The number of hydrogen-bond acceptors (Lipinski definition) is 10. The number of nitrogens with zero attached hydrogens (tertiary/aromatic N) is 4. The van der Waals surface area contributed by atoms with Crippen LogP contribution in [0.2, 0.25) is 0 Å². The number of anilines is 2. The van der Waals surface area contributed by atoms with Gasteiger partial charge in [-0.1, -0.05) is 0 Å². The molecule has 0 atom stereocenters. The number of carbonyl (C=O) groups is 2. The van der Waals surface area contributed by atoms with Crippen LogP contribution in [-0.2, 0) is 0 Å². The Balaban J connectivity index is 1.73. The smallest absolute Gasteiger partial charge is 0.356 e. The Kier molecular flexibility index (Phi) is 5.36. The van der Waals surface area contributed by atoms with Crippen molar-refractivity contribution >= 4 is 29.1 Å². The summed E-state index contributed by atoms with van der Waals surface area (Å²) in [5, 5.41) is 11.4. The summed E-state index contributed by atoms with van der Waals surface area (Å²) in [6.07, 6.45) is 5.16. The van der Waals surface area contributed by atoms with E-state index in [1.807, 2.05) is 0 Å². The summed E-state index contributed by atoms with van der Waals surface area (Å²) in [5.41, 5.74) is 8.87. The average Bonchev–Trinajstić information content (AvgIpc) is 3.25. The normalized spacial score (nSPS) is 10.0. The maximum absolute atomic E-state index is 12.0. The number of hydrogen-bond donors (Lipinski definition) is 4. The van der Waals surface area contributed by atoms with Crippen LogP contribution in [0.25, 0.3) is 0 Å². The predicted octanol–water partition coefficient (Wildman–Crippen LogP) is 0.887. The molecule has 0 aliphatic rings. The average molecular weight is 384 g/mol. The number of amides is 2. The third kappa shape index (κ3) is 4.16. The van der Waals surface area contributed by atoms with Crippen molar-refractivity contribution in [1.82, 2.24) is 25.8 Å². The molecular formula is C15H12N8O5. The first kappa shape index (κ1) is 18.2. The Hall–Kier alpha value is -4.55. The third-order valence-corrected chi connectivity index (χ3v) is 3.28. The molecule has 28 heavy (non-hydrogen) atoms. The van der Waals surface area contributed by atoms with Gasteiger partial charge in [-0.3, -0.25) is 46.4 Å². The van der Waals surface area contributed by atoms with Gasteiger partial charge in [-0.05, 0) is 24.3 Å². The van der Waals surface area contributed by atoms with Crippen LogP contribution < -0.4 is 21.7 Å². The summed E-state index contributed by atoms with van der Waals surface area (Å²) >= 11 is 0. The van der Waals surface area contributed by atoms with Crippen molar-refractivity contribution < 1.29 is 18.9 Å². The molecule has 0 aliphatic heterocycles. The number of pyridine rings is 1. The molecule has 142 valence electrons. The standard InChI is InChI=1S/C15H12N8O5/c24-14(9-3-5-16-6-4-9)21-19-12-11(23(26)27)13(18-8-17-12)20-22-15(25)10-2-1-7-28-10/h1-8H,(H,21,24)(H,22,25)(H2,17,18,19,20). The fourth-order valence-electron chi connectivity index (χ4n) is 2.01. The third-order valence-electron chi connectivity index (χ3n) is 3.28. The van der Waals surface area contributed by atoms with Gasteiger partial charge in [-0.15, -0.1) is 0 Å². The molecule has 3 aromatic heterocycles. The predicted molar refractivity (Wildman–Crippen MR) is 93.8 cm³/mol. The van der Waals surface area contributed by atoms with Crippen LogP contribution in [0.4, 0.5) is 17.3 Å². The van der Waals surface area contributed by atoms with Crippen LogP contribution in [0.15, 0.2) is 53.7 Å². The van der Waals surface area contributed by atoms with Crippen LogP contribution in [0.5, 0.6) is 0 Å². The van der Waals surface area contributed by atoms with Crippen molar-refractivity contribution in [1.29, 1.82) is 0 Å². The zero-order chi connectivity index (χ0) is 19.9. The van der Waals surface area contributed by atoms with E-state index in [2.05, 4.69) is 36.7 Å². The molecule has 4 N–H and O–H groups in total. The molecule has 0 aliphatic carbocycles. The second kappa shape index (κ2) is 8.22. The number of aromatic nitrogens is 3. The summed E-state index contributed by atoms with van der Waals surface area (Å²) in [7, 11) is 0. The number of carbonyl (C=O) groups excluding carboxylic acids is 2. The molecule has 0 unspecified atom stereocenters. The highest BCUT2D eigenvalue weighted by molar-refractivity contribution is 5.95. The SMILES string of the molecule is O=C(NNc1ncnc(NNC(=O)c2ccco2)c1[N+](=O)[O-])c1ccncc1. The first-order valence-corrected chi connectivity index (χ1v) is 7.62. The summed E-state index contributed by atoms with van der Waals surface area (Å²) in [6, 6.07) is 5.84. The lowest BCUT2D eigenvalue weighted by Crippen LogP contribution is -2.32. The summed E-state index contributed by atoms with van der Waals surface area (Å²) in [5.74, 6) is -1.83. The Bertz CT molecular complexity index is 993. The summed E-state index contributed by atoms with van der Waals surface area (Å²) in [6.45, 7) is 0. The molecule has 3 rings (SSSR count). The fraction of sp³-hybridized carbons (Fsp3) is 0. The van der Waals surface area contributed by atoms with Crippen molar-refractivity contribution in [3.8, 4) is 0 Å². The number of furan rings is 1. The lowest BCUT2D eigenvalue weighted by Gasteiger charge is -2.11. The Morgan fingerprint density at radius 2 is 1.64 bits per heavy atom. The summed E-state index contributed by atoms with van der Waals surface area (Å²) in [4.78, 5) is 45.8. The van der Waals surface area contributed by atoms with Crippen LogP contribution >= 0.6 is 0 Å². The van der Waals surface area contributed by atoms with E-state index in [1.165, 1.54) is 42.9 Å². The van der Waals surface area contributed by atoms with Gasteiger partial charge in [-0.2, -0.15) is 0 Å². The molecule has 0 radical (unpaired) electrons. The Morgan fingerprint density at radius 1 is 1.00 bits per heavy atom. The lowest BCUT2D eigenvalue weighted by molar-refractivity contribution is -0.383. The van der Waals surface area contributed by atoms with E-state index >= 15 is 0 Å². The lowest BCUT2D eigenvalue weighted by atomic mass is 10.3. The maximum atomic E-state index is 12.0. The quantitative estimate of drug-likeness (QED) is 0.338. The van der Waals surface area contributed by atoms with Crippen LogP contribution in [0.1, 0.15) is 20.9 Å². The maximum Gasteiger partial charge on any atom is 0.356 e. The molecule has 13 heteroatoms. The monoisotopic (exact) mass is 384 g/mol. The Labute approximate surface area is 156 Å². The minimum Gasteiger partial charge on any atom is -0.459 e. The highest BCUT2D eigenvalue weighted by Crippen LogP contribution is 2.27. The summed E-state index contributed by atoms with van der Waals surface area (Å²) < 4.78 is 4.91. The van der Waals surface area contributed by atoms with Gasteiger partial charge in [0, 0.05) is 18.0 Å². The molecule has 0 bridgehead atoms. The van der Waals surface area contributed by atoms with Crippen molar-refractivity contribution in [2.75, 3.05) is 10.9 Å². The van der Waals surface area contributed by atoms with E-state index in [-0.39, 0.29) is 23.0 Å². The van der Waals surface area contributed by atoms with Crippen molar-refractivity contribution in [2.24, 2.45) is 0 Å². The number of nitrogens with one attached hydrogen (secondary N) is 4. The minimum atomic E-state index is -0.775. The molecule has 13 nitrogen and oxygen atoms in total. The van der Waals surface area contributed by atoms with Crippen molar-refractivity contribution in [2.45, 2.75) is 0 Å². The largest absolute Gasteiger partial charge is 0.459 e. The number of hydrazine groups is 2. The zero-order valence-corrected chi connectivity index (χ0v) is 13.9. The van der Waals surface area contributed by atoms with Gasteiger partial charge in [0.25, 0.3) is 5.91 Å². The molecule has 0 aromatic carbocycles. The van der Waals surface area contributed by atoms with Gasteiger partial charge in [0.2, 0.25) is 11.6 Å². The molecule has 0 saturated carbocycles. The van der Waals surface area contributed by atoms with Crippen LogP contribution in [-0.4, -0.2) is 31.7 Å². The van der Waals surface area contributed by atoms with E-state index in [0.29, 0.717) is 0 Å². The molecule has 3 heterocycles. The molecule has 0 spiro atoms. The molecular weight excluding hydrogens is 372 g/mol. The first-order chi connectivity index (χ1) is 13.6. The van der Waals surface area contributed by atoms with Crippen LogP contribution in [0.3, 0.4) is 0 Å². The van der Waals surface area contributed by atoms with Crippen LogP contribution in [0, 0.1) is 10.1 Å². The molecule has 0 saturated heterocycles. The van der Waals surface area contributed by atoms with Gasteiger partial charge in [0.1, 0.15) is 6.33 Å². The van der Waals surface area contributed by atoms with Gasteiger partial charge in [-0.25, -0.2) is 9.97 Å². The second-order valence-corrected chi connectivity index (χ2v) is 5.05. The number of rotatable bonds is 7. The van der Waals surface area contributed by atoms with E-state index in [9.17, 15) is 19.7 Å². The van der Waals surface area contributed by atoms with E-state index < -0.39 is 22.4 Å². The van der Waals surface area contributed by atoms with E-state index in [0.717, 1.165) is 6.33 Å². The first-order valence-electron chi connectivity index (χ1n) is 7.62. The molecule has 3 aromatic rings. The Morgan fingerprint density at radius 3 is 2.21 bits per heavy atom. The minimum absolute atomic E-state index is 0.00725. The van der Waals surface area contributed by atoms with Gasteiger partial charge in [0.15, 0.2) is 5.76 Å². The van der Waals surface area contributed by atoms with E-state index in [1.54, 1.807) is 0 Å². The van der Waals surface area contributed by atoms with Crippen molar-refractivity contribution in [3.05, 3.63) is 70.7 Å². The second-order valence-electron chi connectivity index (χ2n) is 5.05. The molecule has 2 amide bonds. The van der Waals surface area contributed by atoms with E-state index in [4.69, 9.17) is 4.42 Å². The highest BCUT2D eigenvalue weighted by Gasteiger charge is 2.24. The highest BCUT2D eigenvalue weighted by atomic mass is 16.6. The van der Waals surface area contributed by atoms with Gasteiger partial charge in [0.05, 0.1) is 11.2 Å². The fourth-order valence-corrected chi connectivity index (χ4v) is 2.01. The molecule has 0 fully saturated rings. The topological polar surface area (TPSA) is 177 Å².